The molecule has 1 aromatic rings. The molecule has 2 heterocycles. The Labute approximate surface area is 109 Å². The zero-order chi connectivity index (χ0) is 11.7. The topological polar surface area (TPSA) is 20.3 Å². The van der Waals surface area contributed by atoms with Crippen molar-refractivity contribution in [3.8, 4) is 0 Å². The molecular formula is C12H16BrNOS. The Kier molecular flexibility index (Phi) is 3.70. The minimum Gasteiger partial charge on any atom is -0.337 e. The first-order chi connectivity index (χ1) is 7.59. The number of halogens is 1. The summed E-state index contributed by atoms with van der Waals surface area (Å²) in [6.07, 6.45) is 1.01. The molecule has 0 radical (unpaired) electrons. The smallest absolute Gasteiger partial charge is 0.236 e. The summed E-state index contributed by atoms with van der Waals surface area (Å²) in [7, 11) is 0. The van der Waals surface area contributed by atoms with Gasteiger partial charge in [-0.15, -0.1) is 11.3 Å². The molecule has 1 atom stereocenters. The van der Waals surface area contributed by atoms with Crippen LogP contribution in [0.2, 0.25) is 0 Å². The van der Waals surface area contributed by atoms with Crippen molar-refractivity contribution in [3.63, 3.8) is 0 Å². The van der Waals surface area contributed by atoms with E-state index in [4.69, 9.17) is 0 Å². The number of nitrogens with zero attached hydrogens (tertiary/aromatic N) is 1. The molecule has 1 aliphatic rings. The van der Waals surface area contributed by atoms with Gasteiger partial charge in [-0.05, 0) is 29.3 Å². The van der Waals surface area contributed by atoms with Crippen LogP contribution in [0.4, 0.5) is 0 Å². The summed E-state index contributed by atoms with van der Waals surface area (Å²) in [6.45, 7) is 5.78. The van der Waals surface area contributed by atoms with Gasteiger partial charge in [-0.2, -0.15) is 0 Å². The number of amides is 1. The summed E-state index contributed by atoms with van der Waals surface area (Å²) in [5.74, 6) is 0.572. The summed E-state index contributed by atoms with van der Waals surface area (Å²) in [5.41, 5.74) is 1.33. The molecule has 0 aliphatic carbocycles. The van der Waals surface area contributed by atoms with Gasteiger partial charge >= 0.3 is 0 Å². The van der Waals surface area contributed by atoms with Crippen LogP contribution in [0.3, 0.4) is 0 Å². The molecule has 2 rings (SSSR count). The van der Waals surface area contributed by atoms with Crippen LogP contribution in [0.1, 0.15) is 24.3 Å². The average Bonchev–Trinajstić information content (AvgIpc) is 2.73. The van der Waals surface area contributed by atoms with Crippen LogP contribution in [-0.4, -0.2) is 22.2 Å². The Bertz CT molecular complexity index is 388. The highest BCUT2D eigenvalue weighted by atomic mass is 79.9. The standard InChI is InChI=1S/C12H16BrNOS/c1-8(2)11(13)12(15)14-5-3-10-9(7-14)4-6-16-10/h4,6,8,11H,3,5,7H2,1-2H3. The number of fused-ring (bicyclic) bond motifs is 1. The van der Waals surface area contributed by atoms with Crippen LogP contribution in [-0.2, 0) is 17.8 Å². The van der Waals surface area contributed by atoms with E-state index >= 15 is 0 Å². The molecular weight excluding hydrogens is 286 g/mol. The number of hydrogen-bond acceptors (Lipinski definition) is 2. The average molecular weight is 302 g/mol. The molecule has 1 aromatic heterocycles. The van der Waals surface area contributed by atoms with Gasteiger partial charge in [0.1, 0.15) is 0 Å². The first kappa shape index (κ1) is 12.1. The van der Waals surface area contributed by atoms with Gasteiger partial charge in [0.2, 0.25) is 5.91 Å². The van der Waals surface area contributed by atoms with Crippen LogP contribution in [0, 0.1) is 5.92 Å². The van der Waals surface area contributed by atoms with E-state index in [1.165, 1.54) is 10.4 Å². The van der Waals surface area contributed by atoms with E-state index in [9.17, 15) is 4.79 Å². The van der Waals surface area contributed by atoms with Crippen molar-refractivity contribution in [2.45, 2.75) is 31.6 Å². The molecule has 4 heteroatoms. The molecule has 88 valence electrons. The lowest BCUT2D eigenvalue weighted by Crippen LogP contribution is -2.41. The van der Waals surface area contributed by atoms with Crippen molar-refractivity contribution in [2.24, 2.45) is 5.92 Å². The van der Waals surface area contributed by atoms with Crippen LogP contribution < -0.4 is 0 Å². The van der Waals surface area contributed by atoms with E-state index in [-0.39, 0.29) is 10.7 Å². The van der Waals surface area contributed by atoms with Crippen molar-refractivity contribution >= 4 is 33.2 Å². The third kappa shape index (κ3) is 2.33. The van der Waals surface area contributed by atoms with Gasteiger partial charge in [0, 0.05) is 18.0 Å². The maximum absolute atomic E-state index is 12.2. The highest BCUT2D eigenvalue weighted by Gasteiger charge is 2.27. The van der Waals surface area contributed by atoms with Crippen LogP contribution in [0.5, 0.6) is 0 Å². The van der Waals surface area contributed by atoms with Gasteiger partial charge in [0.05, 0.1) is 4.83 Å². The Balaban J connectivity index is 2.06. The van der Waals surface area contributed by atoms with Crippen LogP contribution in [0.25, 0.3) is 0 Å². The van der Waals surface area contributed by atoms with Crippen molar-refractivity contribution in [2.75, 3.05) is 6.54 Å². The largest absolute Gasteiger partial charge is 0.337 e. The highest BCUT2D eigenvalue weighted by Crippen LogP contribution is 2.26. The lowest BCUT2D eigenvalue weighted by Gasteiger charge is -2.29. The number of thiophene rings is 1. The van der Waals surface area contributed by atoms with E-state index < -0.39 is 0 Å². The SMILES string of the molecule is CC(C)C(Br)C(=O)N1CCc2sccc2C1. The number of carbonyl (C=O) groups is 1. The van der Waals surface area contributed by atoms with E-state index in [2.05, 4.69) is 41.2 Å². The molecule has 1 amide bonds. The molecule has 1 unspecified atom stereocenters. The normalized spacial score (nSPS) is 17.4. The van der Waals surface area contributed by atoms with Gasteiger partial charge in [-0.3, -0.25) is 4.79 Å². The minimum absolute atomic E-state index is 0.0484. The highest BCUT2D eigenvalue weighted by molar-refractivity contribution is 9.10. The molecule has 0 aromatic carbocycles. The predicted molar refractivity (Wildman–Crippen MR) is 71.0 cm³/mol. The number of hydrogen-bond donors (Lipinski definition) is 0. The Morgan fingerprint density at radius 2 is 2.31 bits per heavy atom. The number of rotatable bonds is 2. The first-order valence-corrected chi connectivity index (χ1v) is 7.37. The predicted octanol–water partition coefficient (Wildman–Crippen LogP) is 3.05. The van der Waals surface area contributed by atoms with Crippen molar-refractivity contribution < 1.29 is 4.79 Å². The molecule has 0 saturated heterocycles. The Morgan fingerprint density at radius 1 is 1.56 bits per heavy atom. The number of carbonyl (C=O) groups excluding carboxylic acids is 1. The molecule has 16 heavy (non-hydrogen) atoms. The van der Waals surface area contributed by atoms with Crippen LogP contribution >= 0.6 is 27.3 Å². The third-order valence-corrected chi connectivity index (χ3v) is 5.41. The molecule has 0 saturated carbocycles. The lowest BCUT2D eigenvalue weighted by atomic mass is 10.1. The summed E-state index contributed by atoms with van der Waals surface area (Å²) < 4.78 is 0. The summed E-state index contributed by atoms with van der Waals surface area (Å²) in [6, 6.07) is 2.14. The molecule has 0 spiro atoms. The Morgan fingerprint density at radius 3 is 3.00 bits per heavy atom. The maximum Gasteiger partial charge on any atom is 0.236 e. The number of alkyl halides is 1. The van der Waals surface area contributed by atoms with E-state index in [0.717, 1.165) is 19.5 Å². The van der Waals surface area contributed by atoms with Gasteiger partial charge in [0.25, 0.3) is 0 Å². The fraction of sp³-hybridized carbons (Fsp3) is 0.583. The van der Waals surface area contributed by atoms with Gasteiger partial charge in [0.15, 0.2) is 0 Å². The quantitative estimate of drug-likeness (QED) is 0.769. The summed E-state index contributed by atoms with van der Waals surface area (Å²) in [5, 5.41) is 2.12. The molecule has 1 aliphatic heterocycles. The van der Waals surface area contributed by atoms with Gasteiger partial charge in [-0.1, -0.05) is 29.8 Å². The van der Waals surface area contributed by atoms with E-state index in [1.54, 1.807) is 11.3 Å². The van der Waals surface area contributed by atoms with Crippen molar-refractivity contribution in [3.05, 3.63) is 21.9 Å². The lowest BCUT2D eigenvalue weighted by molar-refractivity contribution is -0.132. The fourth-order valence-corrected chi connectivity index (χ4v) is 3.08. The van der Waals surface area contributed by atoms with Gasteiger partial charge < -0.3 is 4.90 Å². The third-order valence-electron chi connectivity index (χ3n) is 2.94. The second kappa shape index (κ2) is 4.88. The van der Waals surface area contributed by atoms with Crippen molar-refractivity contribution in [1.29, 1.82) is 0 Å². The summed E-state index contributed by atoms with van der Waals surface area (Å²) in [4.78, 5) is 15.5. The molecule has 0 N–H and O–H groups in total. The second-order valence-corrected chi connectivity index (χ2v) is 6.51. The van der Waals surface area contributed by atoms with Gasteiger partial charge in [-0.25, -0.2) is 0 Å². The minimum atomic E-state index is -0.0484. The zero-order valence-corrected chi connectivity index (χ0v) is 12.0. The van der Waals surface area contributed by atoms with Crippen molar-refractivity contribution in [1.82, 2.24) is 4.90 Å². The second-order valence-electron chi connectivity index (χ2n) is 4.52. The van der Waals surface area contributed by atoms with E-state index in [0.29, 0.717) is 5.92 Å². The first-order valence-electron chi connectivity index (χ1n) is 5.57. The van der Waals surface area contributed by atoms with Crippen LogP contribution in [0.15, 0.2) is 11.4 Å². The Hall–Kier alpha value is -0.350. The summed E-state index contributed by atoms with van der Waals surface area (Å²) >= 11 is 5.29. The molecule has 0 bridgehead atoms. The van der Waals surface area contributed by atoms with E-state index in [1.807, 2.05) is 4.90 Å². The molecule has 2 nitrogen and oxygen atoms in total. The zero-order valence-electron chi connectivity index (χ0n) is 9.57. The maximum atomic E-state index is 12.2. The molecule has 0 fully saturated rings. The fourth-order valence-electron chi connectivity index (χ4n) is 1.90. The monoisotopic (exact) mass is 301 g/mol.